The SMILES string of the molecule is O=C(Nc1nc2c(Cl)cccc2s1)C(F)(F)C(F)(F)C(F)(F)F. The monoisotopic (exact) mass is 380 g/mol. The highest BCUT2D eigenvalue weighted by atomic mass is 35.5. The number of halogens is 8. The van der Waals surface area contributed by atoms with E-state index in [4.69, 9.17) is 11.6 Å². The van der Waals surface area contributed by atoms with Gasteiger partial charge in [0.25, 0.3) is 0 Å². The van der Waals surface area contributed by atoms with Gasteiger partial charge in [0.2, 0.25) is 0 Å². The zero-order chi connectivity index (χ0) is 17.6. The molecule has 0 aliphatic rings. The summed E-state index contributed by atoms with van der Waals surface area (Å²) in [5.41, 5.74) is 0.0837. The molecule has 3 nitrogen and oxygen atoms in total. The molecule has 0 atom stereocenters. The van der Waals surface area contributed by atoms with Crippen molar-refractivity contribution in [1.29, 1.82) is 0 Å². The van der Waals surface area contributed by atoms with Gasteiger partial charge in [-0.3, -0.25) is 10.1 Å². The van der Waals surface area contributed by atoms with Crippen LogP contribution in [0.5, 0.6) is 0 Å². The van der Waals surface area contributed by atoms with E-state index in [1.165, 1.54) is 23.5 Å². The summed E-state index contributed by atoms with van der Waals surface area (Å²) in [5, 5.41) is 0.759. The molecule has 2 rings (SSSR count). The molecule has 0 saturated carbocycles. The Hall–Kier alpha value is -1.62. The highest BCUT2D eigenvalue weighted by Gasteiger charge is 2.76. The molecule has 12 heteroatoms. The van der Waals surface area contributed by atoms with Crippen LogP contribution in [0.4, 0.5) is 35.9 Å². The van der Waals surface area contributed by atoms with Crippen molar-refractivity contribution in [3.05, 3.63) is 23.2 Å². The molecule has 126 valence electrons. The molecule has 1 aromatic heterocycles. The summed E-state index contributed by atoms with van der Waals surface area (Å²) >= 11 is 6.33. The third-order valence-electron chi connectivity index (χ3n) is 2.63. The first-order chi connectivity index (χ1) is 10.4. The summed E-state index contributed by atoms with van der Waals surface area (Å²) in [6.45, 7) is 0. The quantitative estimate of drug-likeness (QED) is 0.783. The Kier molecular flexibility index (Phi) is 4.22. The second-order valence-corrected chi connectivity index (χ2v) is 5.64. The van der Waals surface area contributed by atoms with Gasteiger partial charge in [-0.15, -0.1) is 0 Å². The van der Waals surface area contributed by atoms with Gasteiger partial charge in [0.15, 0.2) is 5.13 Å². The lowest BCUT2D eigenvalue weighted by Crippen LogP contribution is -2.57. The summed E-state index contributed by atoms with van der Waals surface area (Å²) < 4.78 is 88.2. The van der Waals surface area contributed by atoms with E-state index >= 15 is 0 Å². The maximum absolute atomic E-state index is 13.2. The molecule has 0 saturated heterocycles. The summed E-state index contributed by atoms with van der Waals surface area (Å²) in [6, 6.07) is 4.31. The largest absolute Gasteiger partial charge is 0.460 e. The molecular formula is C11H4ClF7N2OS. The van der Waals surface area contributed by atoms with Crippen molar-refractivity contribution in [1.82, 2.24) is 4.98 Å². The van der Waals surface area contributed by atoms with Crippen LogP contribution in [0.3, 0.4) is 0 Å². The zero-order valence-electron chi connectivity index (χ0n) is 10.5. The number of benzene rings is 1. The van der Waals surface area contributed by atoms with Gasteiger partial charge in [-0.2, -0.15) is 30.7 Å². The van der Waals surface area contributed by atoms with Crippen molar-refractivity contribution < 1.29 is 35.5 Å². The Labute approximate surface area is 132 Å². The smallest absolute Gasteiger partial charge is 0.296 e. The van der Waals surface area contributed by atoms with Crippen molar-refractivity contribution in [2.75, 3.05) is 5.32 Å². The van der Waals surface area contributed by atoms with E-state index < -0.39 is 29.1 Å². The van der Waals surface area contributed by atoms with E-state index in [0.29, 0.717) is 16.0 Å². The van der Waals surface area contributed by atoms with Crippen molar-refractivity contribution in [3.63, 3.8) is 0 Å². The van der Waals surface area contributed by atoms with Gasteiger partial charge >= 0.3 is 23.9 Å². The van der Waals surface area contributed by atoms with Crippen LogP contribution in [-0.2, 0) is 4.79 Å². The molecule has 1 N–H and O–H groups in total. The molecule has 0 unspecified atom stereocenters. The van der Waals surface area contributed by atoms with Crippen LogP contribution in [0.15, 0.2) is 18.2 Å². The van der Waals surface area contributed by atoms with Crippen LogP contribution in [0, 0.1) is 0 Å². The first-order valence-electron chi connectivity index (χ1n) is 5.57. The maximum Gasteiger partial charge on any atom is 0.460 e. The van der Waals surface area contributed by atoms with Gasteiger partial charge in [-0.1, -0.05) is 29.0 Å². The Bertz CT molecular complexity index is 758. The van der Waals surface area contributed by atoms with Crippen LogP contribution in [0.1, 0.15) is 0 Å². The highest BCUT2D eigenvalue weighted by Crippen LogP contribution is 2.47. The molecule has 1 aromatic carbocycles. The number of para-hydroxylation sites is 1. The zero-order valence-corrected chi connectivity index (χ0v) is 12.1. The first-order valence-corrected chi connectivity index (χ1v) is 6.76. The third kappa shape index (κ3) is 2.94. The van der Waals surface area contributed by atoms with E-state index in [1.807, 2.05) is 0 Å². The van der Waals surface area contributed by atoms with Gasteiger partial charge in [-0.05, 0) is 12.1 Å². The number of nitrogens with one attached hydrogen (secondary N) is 1. The van der Waals surface area contributed by atoms with E-state index in [1.54, 1.807) is 0 Å². The summed E-state index contributed by atoms with van der Waals surface area (Å²) in [6.07, 6.45) is -6.59. The normalized spacial score (nSPS) is 13.4. The summed E-state index contributed by atoms with van der Waals surface area (Å²) in [5.74, 6) is -15.4. The predicted molar refractivity (Wildman–Crippen MR) is 69.2 cm³/mol. The lowest BCUT2D eigenvalue weighted by atomic mass is 10.1. The predicted octanol–water partition coefficient (Wildman–Crippen LogP) is 4.72. The Morgan fingerprint density at radius 2 is 1.74 bits per heavy atom. The standard InChI is InChI=1S/C11H4ClF7N2OS/c12-4-2-1-3-5-6(4)20-8(23-5)21-7(22)9(13,14)10(15,16)11(17,18)19/h1-3H,(H,20,21,22). The number of rotatable bonds is 3. The summed E-state index contributed by atoms with van der Waals surface area (Å²) in [4.78, 5) is 14.8. The minimum Gasteiger partial charge on any atom is -0.296 e. The van der Waals surface area contributed by atoms with Crippen LogP contribution >= 0.6 is 22.9 Å². The minimum absolute atomic E-state index is 0.0837. The number of carbonyl (C=O) groups is 1. The molecular weight excluding hydrogens is 377 g/mol. The van der Waals surface area contributed by atoms with Crippen molar-refractivity contribution in [3.8, 4) is 0 Å². The van der Waals surface area contributed by atoms with Gasteiger partial charge in [-0.25, -0.2) is 4.98 Å². The topological polar surface area (TPSA) is 42.0 Å². The maximum atomic E-state index is 13.2. The Balaban J connectivity index is 2.31. The van der Waals surface area contributed by atoms with Crippen molar-refractivity contribution in [2.24, 2.45) is 0 Å². The van der Waals surface area contributed by atoms with E-state index in [-0.39, 0.29) is 10.5 Å². The molecule has 2 aromatic rings. The van der Waals surface area contributed by atoms with Gasteiger partial charge < -0.3 is 0 Å². The molecule has 0 radical (unpaired) electrons. The average molecular weight is 381 g/mol. The van der Waals surface area contributed by atoms with Crippen molar-refractivity contribution >= 4 is 44.2 Å². The van der Waals surface area contributed by atoms with Crippen LogP contribution < -0.4 is 5.32 Å². The molecule has 23 heavy (non-hydrogen) atoms. The lowest BCUT2D eigenvalue weighted by Gasteiger charge is -2.26. The number of nitrogens with zero attached hydrogens (tertiary/aromatic N) is 1. The highest BCUT2D eigenvalue weighted by molar-refractivity contribution is 7.22. The van der Waals surface area contributed by atoms with E-state index in [0.717, 1.165) is 0 Å². The number of aromatic nitrogens is 1. The minimum atomic E-state index is -6.59. The second kappa shape index (κ2) is 5.48. The van der Waals surface area contributed by atoms with Gasteiger partial charge in [0, 0.05) is 0 Å². The molecule has 1 amide bonds. The summed E-state index contributed by atoms with van der Waals surface area (Å²) in [7, 11) is 0. The number of carbonyl (C=O) groups excluding carboxylic acids is 1. The van der Waals surface area contributed by atoms with Crippen molar-refractivity contribution in [2.45, 2.75) is 18.0 Å². The fraction of sp³-hybridized carbons (Fsp3) is 0.273. The molecule has 1 heterocycles. The van der Waals surface area contributed by atoms with Gasteiger partial charge in [0.05, 0.1) is 9.72 Å². The second-order valence-electron chi connectivity index (χ2n) is 4.21. The molecule has 0 aliphatic carbocycles. The van der Waals surface area contributed by atoms with Crippen LogP contribution in [0.25, 0.3) is 10.2 Å². The van der Waals surface area contributed by atoms with E-state index in [2.05, 4.69) is 4.98 Å². The molecule has 0 bridgehead atoms. The number of hydrogen-bond donors (Lipinski definition) is 1. The Morgan fingerprint density at radius 3 is 2.26 bits per heavy atom. The third-order valence-corrected chi connectivity index (χ3v) is 3.87. The lowest BCUT2D eigenvalue weighted by molar-refractivity contribution is -0.343. The molecule has 0 aliphatic heterocycles. The van der Waals surface area contributed by atoms with Crippen LogP contribution in [-0.4, -0.2) is 28.9 Å². The number of anilines is 1. The first kappa shape index (κ1) is 17.7. The van der Waals surface area contributed by atoms with E-state index in [9.17, 15) is 35.5 Å². The van der Waals surface area contributed by atoms with Gasteiger partial charge in [0.1, 0.15) is 5.52 Å². The number of amides is 1. The average Bonchev–Trinajstić information content (AvgIpc) is 2.81. The fourth-order valence-corrected chi connectivity index (χ4v) is 2.63. The fourth-order valence-electron chi connectivity index (χ4n) is 1.46. The Morgan fingerprint density at radius 1 is 1.13 bits per heavy atom. The van der Waals surface area contributed by atoms with Crippen LogP contribution in [0.2, 0.25) is 5.02 Å². The number of hydrogen-bond acceptors (Lipinski definition) is 3. The number of alkyl halides is 7. The molecule has 0 fully saturated rings. The number of thiazole rings is 1. The number of fused-ring (bicyclic) bond motifs is 1. The molecule has 0 spiro atoms.